The van der Waals surface area contributed by atoms with Crippen LogP contribution in [0.1, 0.15) is 42.1 Å². The van der Waals surface area contributed by atoms with E-state index in [0.29, 0.717) is 6.54 Å². The smallest absolute Gasteiger partial charge is 0.251 e. The average Bonchev–Trinajstić information content (AvgIpc) is 3.30. The maximum absolute atomic E-state index is 12.1. The molecule has 1 fully saturated rings. The molecule has 2 rings (SSSR count). The Bertz CT molecular complexity index is 483. The van der Waals surface area contributed by atoms with Gasteiger partial charge in [-0.1, -0.05) is 6.92 Å². The van der Waals surface area contributed by atoms with Crippen molar-refractivity contribution < 1.29 is 4.79 Å². The minimum atomic E-state index is 0.0179. The van der Waals surface area contributed by atoms with Crippen molar-refractivity contribution in [3.8, 4) is 0 Å². The van der Waals surface area contributed by atoms with Gasteiger partial charge in [-0.2, -0.15) is 0 Å². The number of carbonyl (C=O) groups excluding carboxylic acids is 1. The molecule has 4 heteroatoms. The van der Waals surface area contributed by atoms with Crippen LogP contribution in [0.2, 0.25) is 0 Å². The van der Waals surface area contributed by atoms with Crippen LogP contribution in [0.4, 0.5) is 5.69 Å². The zero-order chi connectivity index (χ0) is 15.2. The van der Waals surface area contributed by atoms with Crippen LogP contribution in [-0.2, 0) is 0 Å². The fourth-order valence-corrected chi connectivity index (χ4v) is 2.41. The van der Waals surface area contributed by atoms with Gasteiger partial charge in [0.15, 0.2) is 0 Å². The number of hydrogen-bond acceptors (Lipinski definition) is 3. The Morgan fingerprint density at radius 1 is 1.33 bits per heavy atom. The van der Waals surface area contributed by atoms with Gasteiger partial charge in [0.25, 0.3) is 5.91 Å². The largest absolute Gasteiger partial charge is 0.385 e. The lowest BCUT2D eigenvalue weighted by Crippen LogP contribution is -2.34. The van der Waals surface area contributed by atoms with Crippen molar-refractivity contribution in [2.45, 2.75) is 39.2 Å². The first kappa shape index (κ1) is 15.8. The second kappa shape index (κ2) is 7.46. The lowest BCUT2D eigenvalue weighted by molar-refractivity contribution is 0.0949. The van der Waals surface area contributed by atoms with E-state index in [2.05, 4.69) is 29.5 Å². The number of benzene rings is 1. The molecule has 0 heterocycles. The Morgan fingerprint density at radius 3 is 2.71 bits per heavy atom. The van der Waals surface area contributed by atoms with Gasteiger partial charge in [0.2, 0.25) is 0 Å². The summed E-state index contributed by atoms with van der Waals surface area (Å²) in [6.45, 7) is 6.77. The summed E-state index contributed by atoms with van der Waals surface area (Å²) in [5.41, 5.74) is 2.97. The van der Waals surface area contributed by atoms with Crippen LogP contribution in [0.15, 0.2) is 18.2 Å². The first-order valence-corrected chi connectivity index (χ1v) is 7.94. The van der Waals surface area contributed by atoms with E-state index < -0.39 is 0 Å². The van der Waals surface area contributed by atoms with Gasteiger partial charge in [0.1, 0.15) is 0 Å². The molecule has 0 bridgehead atoms. The molecule has 0 radical (unpaired) electrons. The van der Waals surface area contributed by atoms with Crippen molar-refractivity contribution in [3.63, 3.8) is 0 Å². The molecule has 4 nitrogen and oxygen atoms in total. The van der Waals surface area contributed by atoms with Gasteiger partial charge in [-0.05, 0) is 57.0 Å². The molecule has 1 aromatic rings. The Labute approximate surface area is 127 Å². The molecular weight excluding hydrogens is 262 g/mol. The highest BCUT2D eigenvalue weighted by atomic mass is 16.1. The number of nitrogens with zero attached hydrogens (tertiary/aromatic N) is 1. The summed E-state index contributed by atoms with van der Waals surface area (Å²) < 4.78 is 0. The van der Waals surface area contributed by atoms with Crippen molar-refractivity contribution in [1.82, 2.24) is 10.2 Å². The Hall–Kier alpha value is -1.55. The van der Waals surface area contributed by atoms with E-state index in [1.807, 2.05) is 25.1 Å². The first-order chi connectivity index (χ1) is 10.1. The quantitative estimate of drug-likeness (QED) is 0.773. The Morgan fingerprint density at radius 2 is 2.10 bits per heavy atom. The number of rotatable bonds is 8. The van der Waals surface area contributed by atoms with Crippen molar-refractivity contribution >= 4 is 11.6 Å². The first-order valence-electron chi connectivity index (χ1n) is 7.94. The van der Waals surface area contributed by atoms with Crippen LogP contribution >= 0.6 is 0 Å². The minimum Gasteiger partial charge on any atom is -0.385 e. The molecule has 1 aliphatic rings. The van der Waals surface area contributed by atoms with Gasteiger partial charge < -0.3 is 15.5 Å². The molecular formula is C17H27N3O. The van der Waals surface area contributed by atoms with Crippen LogP contribution < -0.4 is 10.6 Å². The van der Waals surface area contributed by atoms with Gasteiger partial charge in [-0.25, -0.2) is 0 Å². The summed E-state index contributed by atoms with van der Waals surface area (Å²) >= 11 is 0. The average molecular weight is 289 g/mol. The molecule has 0 unspecified atom stereocenters. The highest BCUT2D eigenvalue weighted by molar-refractivity contribution is 5.94. The van der Waals surface area contributed by atoms with Crippen molar-refractivity contribution in [2.24, 2.45) is 0 Å². The van der Waals surface area contributed by atoms with E-state index in [1.54, 1.807) is 0 Å². The minimum absolute atomic E-state index is 0.0179. The molecule has 0 atom stereocenters. The number of nitrogens with one attached hydrogen (secondary N) is 2. The molecule has 0 aromatic heterocycles. The maximum atomic E-state index is 12.1. The lowest BCUT2D eigenvalue weighted by Gasteiger charge is -2.16. The fraction of sp³-hybridized carbons (Fsp3) is 0.588. The summed E-state index contributed by atoms with van der Waals surface area (Å²) in [4.78, 5) is 14.5. The molecule has 116 valence electrons. The normalized spacial score (nSPS) is 14.3. The third-order valence-electron chi connectivity index (χ3n) is 3.97. The Kier molecular flexibility index (Phi) is 5.62. The molecule has 0 spiro atoms. The number of amides is 1. The lowest BCUT2D eigenvalue weighted by atomic mass is 10.1. The van der Waals surface area contributed by atoms with Gasteiger partial charge >= 0.3 is 0 Å². The molecule has 21 heavy (non-hydrogen) atoms. The predicted octanol–water partition coefficient (Wildman–Crippen LogP) is 2.64. The van der Waals surface area contributed by atoms with Gasteiger partial charge in [-0.15, -0.1) is 0 Å². The third-order valence-corrected chi connectivity index (χ3v) is 3.97. The van der Waals surface area contributed by atoms with Gasteiger partial charge in [0.05, 0.1) is 0 Å². The summed E-state index contributed by atoms with van der Waals surface area (Å²) in [6.07, 6.45) is 3.70. The second-order valence-electron chi connectivity index (χ2n) is 5.92. The Balaban J connectivity index is 1.82. The zero-order valence-electron chi connectivity index (χ0n) is 13.4. The van der Waals surface area contributed by atoms with E-state index >= 15 is 0 Å². The second-order valence-corrected chi connectivity index (χ2v) is 5.92. The third kappa shape index (κ3) is 4.74. The van der Waals surface area contributed by atoms with Crippen molar-refractivity contribution in [3.05, 3.63) is 29.3 Å². The summed E-state index contributed by atoms with van der Waals surface area (Å²) in [5, 5.41) is 6.37. The number of hydrogen-bond donors (Lipinski definition) is 2. The van der Waals surface area contributed by atoms with Gasteiger partial charge in [0, 0.05) is 36.9 Å². The number of anilines is 1. The van der Waals surface area contributed by atoms with E-state index in [9.17, 15) is 4.79 Å². The standard InChI is InChI=1S/C17H27N3O/c1-4-9-18-16-8-5-14(12-13(16)2)17(21)19-10-11-20(3)15-6-7-15/h5,8,12,15,18H,4,6-7,9-11H2,1-3H3,(H,19,21). The molecule has 1 aliphatic carbocycles. The topological polar surface area (TPSA) is 44.4 Å². The highest BCUT2D eigenvalue weighted by Crippen LogP contribution is 2.24. The predicted molar refractivity (Wildman–Crippen MR) is 87.9 cm³/mol. The van der Waals surface area contributed by atoms with Crippen LogP contribution in [0, 0.1) is 6.92 Å². The number of likely N-dealkylation sites (N-methyl/N-ethyl adjacent to an activating group) is 1. The number of aryl methyl sites for hydroxylation is 1. The van der Waals surface area contributed by atoms with Crippen LogP contribution in [0.5, 0.6) is 0 Å². The van der Waals surface area contributed by atoms with Gasteiger partial charge in [-0.3, -0.25) is 4.79 Å². The van der Waals surface area contributed by atoms with E-state index in [-0.39, 0.29) is 5.91 Å². The fourth-order valence-electron chi connectivity index (χ4n) is 2.41. The summed E-state index contributed by atoms with van der Waals surface area (Å²) in [7, 11) is 2.13. The number of carbonyl (C=O) groups is 1. The summed E-state index contributed by atoms with van der Waals surface area (Å²) in [6, 6.07) is 6.59. The molecule has 0 saturated heterocycles. The monoisotopic (exact) mass is 289 g/mol. The van der Waals surface area contributed by atoms with Crippen LogP contribution in [0.3, 0.4) is 0 Å². The van der Waals surface area contributed by atoms with E-state index in [1.165, 1.54) is 12.8 Å². The highest BCUT2D eigenvalue weighted by Gasteiger charge is 2.25. The van der Waals surface area contributed by atoms with Crippen LogP contribution in [-0.4, -0.2) is 43.5 Å². The molecule has 1 saturated carbocycles. The van der Waals surface area contributed by atoms with Crippen LogP contribution in [0.25, 0.3) is 0 Å². The maximum Gasteiger partial charge on any atom is 0.251 e. The molecule has 1 aromatic carbocycles. The zero-order valence-corrected chi connectivity index (χ0v) is 13.4. The van der Waals surface area contributed by atoms with E-state index in [4.69, 9.17) is 0 Å². The van der Waals surface area contributed by atoms with Crippen molar-refractivity contribution in [1.29, 1.82) is 0 Å². The SMILES string of the molecule is CCCNc1ccc(C(=O)NCCN(C)C2CC2)cc1C. The summed E-state index contributed by atoms with van der Waals surface area (Å²) in [5.74, 6) is 0.0179. The molecule has 2 N–H and O–H groups in total. The van der Waals surface area contributed by atoms with E-state index in [0.717, 1.165) is 42.4 Å². The molecule has 1 amide bonds. The van der Waals surface area contributed by atoms with Crippen molar-refractivity contribution in [2.75, 3.05) is 32.0 Å². The molecule has 0 aliphatic heterocycles.